The number of likely N-dealkylation sites (tertiary alicyclic amines) is 1. The molecule has 0 spiro atoms. The molecule has 1 amide bonds. The molecule has 1 aromatic heterocycles. The number of amides is 1. The third kappa shape index (κ3) is 4.24. The van der Waals surface area contributed by atoms with E-state index in [0.717, 1.165) is 42.9 Å². The Balaban J connectivity index is 1.66. The van der Waals surface area contributed by atoms with Gasteiger partial charge in [0.2, 0.25) is 11.8 Å². The van der Waals surface area contributed by atoms with Gasteiger partial charge in [0.1, 0.15) is 5.52 Å². The van der Waals surface area contributed by atoms with E-state index in [4.69, 9.17) is 16.0 Å². The van der Waals surface area contributed by atoms with Crippen LogP contribution in [0.2, 0.25) is 5.02 Å². The van der Waals surface area contributed by atoms with Gasteiger partial charge in [-0.1, -0.05) is 18.0 Å². The van der Waals surface area contributed by atoms with Gasteiger partial charge < -0.3 is 9.73 Å². The van der Waals surface area contributed by atoms with Crippen molar-refractivity contribution in [3.8, 4) is 0 Å². The van der Waals surface area contributed by atoms with Gasteiger partial charge >= 0.3 is 0 Å². The number of fused-ring (bicyclic) bond motifs is 1. The zero-order valence-corrected chi connectivity index (χ0v) is 14.1. The van der Waals surface area contributed by atoms with Gasteiger partial charge in [-0.15, -0.1) is 0 Å². The molecule has 0 aliphatic carbocycles. The zero-order chi connectivity index (χ0) is 16.2. The number of halogens is 1. The maximum atomic E-state index is 11.0. The topological polar surface area (TPSA) is 58.4 Å². The lowest BCUT2D eigenvalue weighted by Gasteiger charge is -2.34. The lowest BCUT2D eigenvalue weighted by atomic mass is 9.99. The molecule has 3 rings (SSSR count). The van der Waals surface area contributed by atoms with Gasteiger partial charge in [-0.25, -0.2) is 4.98 Å². The number of hydrogen-bond acceptors (Lipinski definition) is 4. The van der Waals surface area contributed by atoms with E-state index >= 15 is 0 Å². The minimum absolute atomic E-state index is 0.0307. The Morgan fingerprint density at radius 3 is 3.17 bits per heavy atom. The highest BCUT2D eigenvalue weighted by atomic mass is 35.5. The minimum Gasteiger partial charge on any atom is -0.439 e. The van der Waals surface area contributed by atoms with Crippen LogP contribution in [-0.2, 0) is 11.3 Å². The fourth-order valence-corrected chi connectivity index (χ4v) is 3.37. The molecule has 1 aliphatic heterocycles. The molecular formula is C17H22ClN3O2. The molecule has 1 saturated heterocycles. The first-order chi connectivity index (χ1) is 11.1. The van der Waals surface area contributed by atoms with Crippen molar-refractivity contribution in [2.24, 2.45) is 0 Å². The average Bonchev–Trinajstić information content (AvgIpc) is 2.90. The molecule has 1 N–H and O–H groups in total. The van der Waals surface area contributed by atoms with Crippen LogP contribution in [0.5, 0.6) is 0 Å². The largest absolute Gasteiger partial charge is 0.439 e. The monoisotopic (exact) mass is 335 g/mol. The van der Waals surface area contributed by atoms with Crippen LogP contribution in [0, 0.1) is 0 Å². The summed E-state index contributed by atoms with van der Waals surface area (Å²) in [6, 6.07) is 5.97. The summed E-state index contributed by atoms with van der Waals surface area (Å²) >= 11 is 6.00. The number of oxazole rings is 1. The number of carbonyl (C=O) groups is 1. The van der Waals surface area contributed by atoms with Gasteiger partial charge in [-0.05, 0) is 44.0 Å². The summed E-state index contributed by atoms with van der Waals surface area (Å²) in [5.74, 6) is 0.761. The standard InChI is InChI=1S/C17H22ClN3O2/c1-12(22)19-8-7-14-4-2-3-9-21(14)11-17-20-15-10-13(18)5-6-16(15)23-17/h5-6,10,14H,2-4,7-9,11H2,1H3,(H,19,22). The first-order valence-electron chi connectivity index (χ1n) is 8.15. The highest BCUT2D eigenvalue weighted by Crippen LogP contribution is 2.24. The van der Waals surface area contributed by atoms with Gasteiger partial charge in [0, 0.05) is 24.5 Å². The molecule has 0 bridgehead atoms. The number of carbonyl (C=O) groups excluding carboxylic acids is 1. The minimum atomic E-state index is 0.0307. The Bertz CT molecular complexity index is 686. The predicted molar refractivity (Wildman–Crippen MR) is 90.4 cm³/mol. The van der Waals surface area contributed by atoms with Gasteiger partial charge in [0.25, 0.3) is 0 Å². The Morgan fingerprint density at radius 1 is 1.48 bits per heavy atom. The number of rotatable bonds is 5. The van der Waals surface area contributed by atoms with Crippen molar-refractivity contribution in [3.63, 3.8) is 0 Å². The van der Waals surface area contributed by atoms with Crippen molar-refractivity contribution >= 4 is 28.6 Å². The second-order valence-corrected chi connectivity index (χ2v) is 6.55. The molecule has 1 aromatic carbocycles. The van der Waals surface area contributed by atoms with Crippen LogP contribution < -0.4 is 5.32 Å². The highest BCUT2D eigenvalue weighted by Gasteiger charge is 2.23. The van der Waals surface area contributed by atoms with Crippen LogP contribution in [0.25, 0.3) is 11.1 Å². The zero-order valence-electron chi connectivity index (χ0n) is 13.3. The maximum absolute atomic E-state index is 11.0. The van der Waals surface area contributed by atoms with Crippen molar-refractivity contribution in [2.75, 3.05) is 13.1 Å². The summed E-state index contributed by atoms with van der Waals surface area (Å²) in [4.78, 5) is 18.0. The number of piperidine rings is 1. The lowest BCUT2D eigenvalue weighted by Crippen LogP contribution is -2.41. The van der Waals surface area contributed by atoms with Crippen LogP contribution in [0.1, 0.15) is 38.5 Å². The fraction of sp³-hybridized carbons (Fsp3) is 0.529. The van der Waals surface area contributed by atoms with E-state index in [1.807, 2.05) is 18.2 Å². The van der Waals surface area contributed by atoms with Crippen LogP contribution >= 0.6 is 11.6 Å². The molecule has 1 atom stereocenters. The lowest BCUT2D eigenvalue weighted by molar-refractivity contribution is -0.119. The first kappa shape index (κ1) is 16.3. The SMILES string of the molecule is CC(=O)NCCC1CCCCN1Cc1nc2cc(Cl)ccc2o1. The van der Waals surface area contributed by atoms with Crippen molar-refractivity contribution in [1.82, 2.24) is 15.2 Å². The maximum Gasteiger partial charge on any atom is 0.216 e. The highest BCUT2D eigenvalue weighted by molar-refractivity contribution is 6.31. The number of benzene rings is 1. The summed E-state index contributed by atoms with van der Waals surface area (Å²) < 4.78 is 5.84. The van der Waals surface area contributed by atoms with Crippen LogP contribution in [0.4, 0.5) is 0 Å². The van der Waals surface area contributed by atoms with Gasteiger partial charge in [0.15, 0.2) is 5.58 Å². The Labute approximate surface area is 141 Å². The van der Waals surface area contributed by atoms with Gasteiger partial charge in [-0.2, -0.15) is 0 Å². The second kappa shape index (κ2) is 7.32. The predicted octanol–water partition coefficient (Wildman–Crippen LogP) is 3.36. The number of nitrogens with zero attached hydrogens (tertiary/aromatic N) is 2. The Hall–Kier alpha value is -1.59. The summed E-state index contributed by atoms with van der Waals surface area (Å²) in [6.07, 6.45) is 4.56. The van der Waals surface area contributed by atoms with E-state index in [9.17, 15) is 4.79 Å². The second-order valence-electron chi connectivity index (χ2n) is 6.11. The molecule has 0 saturated carbocycles. The third-order valence-corrected chi connectivity index (χ3v) is 4.57. The van der Waals surface area contributed by atoms with E-state index in [1.165, 1.54) is 12.8 Å². The van der Waals surface area contributed by atoms with Crippen molar-refractivity contribution in [1.29, 1.82) is 0 Å². The first-order valence-corrected chi connectivity index (χ1v) is 8.53. The fourth-order valence-electron chi connectivity index (χ4n) is 3.20. The van der Waals surface area contributed by atoms with Crippen LogP contribution in [0.15, 0.2) is 22.6 Å². The van der Waals surface area contributed by atoms with Crippen molar-refractivity contribution in [3.05, 3.63) is 29.1 Å². The van der Waals surface area contributed by atoms with Crippen LogP contribution in [0.3, 0.4) is 0 Å². The molecule has 124 valence electrons. The molecule has 5 nitrogen and oxygen atoms in total. The average molecular weight is 336 g/mol. The Morgan fingerprint density at radius 2 is 2.35 bits per heavy atom. The molecule has 6 heteroatoms. The molecule has 1 aliphatic rings. The van der Waals surface area contributed by atoms with Crippen molar-refractivity contribution in [2.45, 2.75) is 45.2 Å². The van der Waals surface area contributed by atoms with E-state index in [2.05, 4.69) is 15.2 Å². The van der Waals surface area contributed by atoms with E-state index in [0.29, 0.717) is 17.6 Å². The third-order valence-electron chi connectivity index (χ3n) is 4.33. The van der Waals surface area contributed by atoms with E-state index < -0.39 is 0 Å². The Kier molecular flexibility index (Phi) is 5.18. The van der Waals surface area contributed by atoms with E-state index in [-0.39, 0.29) is 5.91 Å². The van der Waals surface area contributed by atoms with E-state index in [1.54, 1.807) is 6.92 Å². The summed E-state index contributed by atoms with van der Waals surface area (Å²) in [7, 11) is 0. The molecular weight excluding hydrogens is 314 g/mol. The van der Waals surface area contributed by atoms with Gasteiger partial charge in [-0.3, -0.25) is 9.69 Å². The molecule has 23 heavy (non-hydrogen) atoms. The van der Waals surface area contributed by atoms with Crippen molar-refractivity contribution < 1.29 is 9.21 Å². The number of aromatic nitrogens is 1. The summed E-state index contributed by atoms with van der Waals surface area (Å²) in [5.41, 5.74) is 1.58. The molecule has 1 fully saturated rings. The molecule has 1 unspecified atom stereocenters. The molecule has 2 heterocycles. The molecule has 2 aromatic rings. The van der Waals surface area contributed by atoms with Gasteiger partial charge in [0.05, 0.1) is 6.54 Å². The van der Waals surface area contributed by atoms with Crippen LogP contribution in [-0.4, -0.2) is 34.9 Å². The number of hydrogen-bond donors (Lipinski definition) is 1. The summed E-state index contributed by atoms with van der Waals surface area (Å²) in [6.45, 7) is 4.03. The smallest absolute Gasteiger partial charge is 0.216 e. The summed E-state index contributed by atoms with van der Waals surface area (Å²) in [5, 5.41) is 3.56. The number of nitrogens with one attached hydrogen (secondary N) is 1. The molecule has 0 radical (unpaired) electrons. The quantitative estimate of drug-likeness (QED) is 0.910. The normalized spacial score (nSPS) is 19.1.